The van der Waals surface area contributed by atoms with E-state index in [0.29, 0.717) is 17.3 Å². The zero-order chi connectivity index (χ0) is 27.0. The number of carbonyl (C=O) groups excluding carboxylic acids is 1. The van der Waals surface area contributed by atoms with E-state index in [9.17, 15) is 33.5 Å². The van der Waals surface area contributed by atoms with Gasteiger partial charge < -0.3 is 19.7 Å². The SMILES string of the molecule is COCON(CCC[C@]12C(O)CC(C)C[C@H]1CC(=O)[C@@]21CCC(O)O1)S(=O)(=O)c1ccccc1[N+](=O)[O-]. The number of nitro groups is 1. The Morgan fingerprint density at radius 3 is 2.65 bits per heavy atom. The summed E-state index contributed by atoms with van der Waals surface area (Å²) in [6.45, 7) is 1.40. The number of ether oxygens (including phenoxy) is 2. The number of ketones is 1. The van der Waals surface area contributed by atoms with Gasteiger partial charge in [0.05, 0.1) is 11.0 Å². The van der Waals surface area contributed by atoms with Crippen LogP contribution in [0.4, 0.5) is 5.69 Å². The fourth-order valence-corrected chi connectivity index (χ4v) is 8.20. The first-order valence-electron chi connectivity index (χ1n) is 12.4. The van der Waals surface area contributed by atoms with Crippen LogP contribution in [0.2, 0.25) is 0 Å². The summed E-state index contributed by atoms with van der Waals surface area (Å²) in [6, 6.07) is 4.99. The quantitative estimate of drug-likeness (QED) is 0.254. The second kappa shape index (κ2) is 10.6. The van der Waals surface area contributed by atoms with Gasteiger partial charge in [0, 0.05) is 38.0 Å². The van der Waals surface area contributed by atoms with E-state index in [1.54, 1.807) is 0 Å². The molecule has 1 heterocycles. The van der Waals surface area contributed by atoms with Crippen molar-refractivity contribution in [3.05, 3.63) is 34.4 Å². The molecule has 2 aliphatic carbocycles. The number of methoxy groups -OCH3 is 1. The third kappa shape index (κ3) is 4.71. The largest absolute Gasteiger partial charge is 0.392 e. The summed E-state index contributed by atoms with van der Waals surface area (Å²) in [7, 11) is -3.14. The van der Waals surface area contributed by atoms with Crippen LogP contribution in [0.15, 0.2) is 29.2 Å². The zero-order valence-electron chi connectivity index (χ0n) is 20.9. The van der Waals surface area contributed by atoms with E-state index in [1.165, 1.54) is 19.2 Å². The van der Waals surface area contributed by atoms with E-state index < -0.39 is 55.7 Å². The van der Waals surface area contributed by atoms with Gasteiger partial charge in [0.25, 0.3) is 15.7 Å². The summed E-state index contributed by atoms with van der Waals surface area (Å²) in [5.74, 6) is -0.116. The number of aliphatic hydroxyl groups excluding tert-OH is 2. The van der Waals surface area contributed by atoms with Crippen LogP contribution in [0.1, 0.15) is 51.9 Å². The van der Waals surface area contributed by atoms with Crippen LogP contribution in [0, 0.1) is 27.4 Å². The summed E-state index contributed by atoms with van der Waals surface area (Å²) in [6.07, 6.45) is 0.386. The molecular weight excluding hydrogens is 508 g/mol. The predicted molar refractivity (Wildman–Crippen MR) is 128 cm³/mol. The number of Topliss-reactive ketones (excluding diaryl/α,β-unsaturated/α-hetero) is 1. The molecule has 13 heteroatoms. The summed E-state index contributed by atoms with van der Waals surface area (Å²) in [5, 5.41) is 33.1. The number of hydrogen-bond acceptors (Lipinski definition) is 10. The number of benzene rings is 1. The van der Waals surface area contributed by atoms with Crippen molar-refractivity contribution in [3.63, 3.8) is 0 Å². The first-order valence-corrected chi connectivity index (χ1v) is 13.9. The van der Waals surface area contributed by atoms with Gasteiger partial charge in [-0.1, -0.05) is 23.5 Å². The molecule has 0 bridgehead atoms. The van der Waals surface area contributed by atoms with Gasteiger partial charge in [-0.05, 0) is 50.0 Å². The van der Waals surface area contributed by atoms with Crippen molar-refractivity contribution >= 4 is 21.5 Å². The lowest BCUT2D eigenvalue weighted by molar-refractivity contribution is -0.388. The first-order chi connectivity index (χ1) is 17.5. The number of aliphatic hydroxyl groups is 2. The maximum atomic E-state index is 13.4. The summed E-state index contributed by atoms with van der Waals surface area (Å²) in [4.78, 5) is 28.8. The molecule has 1 aromatic carbocycles. The highest BCUT2D eigenvalue weighted by Crippen LogP contribution is 2.64. The van der Waals surface area contributed by atoms with Gasteiger partial charge in [-0.3, -0.25) is 19.7 Å². The van der Waals surface area contributed by atoms with E-state index in [4.69, 9.17) is 14.3 Å². The maximum absolute atomic E-state index is 13.4. The van der Waals surface area contributed by atoms with E-state index in [0.717, 1.165) is 12.1 Å². The van der Waals surface area contributed by atoms with E-state index >= 15 is 0 Å². The molecule has 1 saturated heterocycles. The van der Waals surface area contributed by atoms with Gasteiger partial charge in [-0.2, -0.15) is 0 Å². The maximum Gasteiger partial charge on any atom is 0.289 e. The van der Waals surface area contributed by atoms with Crippen LogP contribution >= 0.6 is 0 Å². The number of nitrogens with zero attached hydrogens (tertiary/aromatic N) is 2. The van der Waals surface area contributed by atoms with Crippen molar-refractivity contribution < 1.29 is 42.7 Å². The van der Waals surface area contributed by atoms with Gasteiger partial charge in [0.15, 0.2) is 23.8 Å². The number of carbonyl (C=O) groups is 1. The molecule has 2 saturated carbocycles. The third-order valence-corrected chi connectivity index (χ3v) is 9.93. The molecule has 1 aromatic rings. The van der Waals surface area contributed by atoms with E-state index in [2.05, 4.69) is 0 Å². The zero-order valence-corrected chi connectivity index (χ0v) is 21.8. The fourth-order valence-electron chi connectivity index (χ4n) is 6.77. The number of nitro benzene ring substituents is 1. The molecule has 3 fully saturated rings. The number of rotatable bonds is 10. The summed E-state index contributed by atoms with van der Waals surface area (Å²) >= 11 is 0. The van der Waals surface area contributed by atoms with Gasteiger partial charge in [-0.25, -0.2) is 8.42 Å². The minimum atomic E-state index is -4.46. The van der Waals surface area contributed by atoms with Crippen molar-refractivity contribution in [1.29, 1.82) is 0 Å². The molecular formula is C24H34N2O10S. The minimum absolute atomic E-state index is 0.137. The Bertz CT molecular complexity index is 1130. The molecule has 206 valence electrons. The average Bonchev–Trinajstić information content (AvgIpc) is 3.34. The molecule has 0 radical (unpaired) electrons. The highest BCUT2D eigenvalue weighted by atomic mass is 32.2. The fraction of sp³-hybridized carbons (Fsp3) is 0.708. The highest BCUT2D eigenvalue weighted by molar-refractivity contribution is 7.89. The van der Waals surface area contributed by atoms with Crippen molar-refractivity contribution in [2.24, 2.45) is 17.3 Å². The van der Waals surface area contributed by atoms with Gasteiger partial charge >= 0.3 is 0 Å². The van der Waals surface area contributed by atoms with Crippen molar-refractivity contribution in [1.82, 2.24) is 4.47 Å². The molecule has 37 heavy (non-hydrogen) atoms. The monoisotopic (exact) mass is 542 g/mol. The molecule has 6 atom stereocenters. The lowest BCUT2D eigenvalue weighted by Gasteiger charge is -2.52. The normalized spacial score (nSPS) is 33.8. The standard InChI is InChI=1S/C24H34N2O10S/c1-16-12-17-14-21(28)24(10-8-22(29)36-24)23(17,20(27)13-16)9-5-11-25(35-15-34-2)37(32,33)19-7-4-3-6-18(19)26(30)31/h3-4,6-7,16-17,20,22,27,29H,5,8-15H2,1-2H3/t16?,17-,20?,22?,23+,24-/m0/s1. The second-order valence-electron chi connectivity index (χ2n) is 10.3. The van der Waals surface area contributed by atoms with Crippen LogP contribution in [-0.2, 0) is 29.1 Å². The van der Waals surface area contributed by atoms with Crippen LogP contribution < -0.4 is 0 Å². The summed E-state index contributed by atoms with van der Waals surface area (Å²) in [5.41, 5.74) is -2.90. The predicted octanol–water partition coefficient (Wildman–Crippen LogP) is 2.13. The number of sulfonamides is 1. The Morgan fingerprint density at radius 1 is 1.27 bits per heavy atom. The van der Waals surface area contributed by atoms with Crippen LogP contribution in [0.3, 0.4) is 0 Å². The second-order valence-corrected chi connectivity index (χ2v) is 12.1. The van der Waals surface area contributed by atoms with Crippen molar-refractivity contribution in [3.8, 4) is 0 Å². The van der Waals surface area contributed by atoms with Crippen LogP contribution in [-0.4, -0.2) is 72.2 Å². The molecule has 3 unspecified atom stereocenters. The molecule has 0 aromatic heterocycles. The molecule has 1 spiro atoms. The summed E-state index contributed by atoms with van der Waals surface area (Å²) < 4.78 is 38.2. The van der Waals surface area contributed by atoms with Gasteiger partial charge in [-0.15, -0.1) is 0 Å². The van der Waals surface area contributed by atoms with E-state index in [1.807, 2.05) is 6.92 Å². The van der Waals surface area contributed by atoms with Gasteiger partial charge in [0.2, 0.25) is 0 Å². The third-order valence-electron chi connectivity index (χ3n) is 8.20. The van der Waals surface area contributed by atoms with Crippen molar-refractivity contribution in [2.75, 3.05) is 20.4 Å². The Morgan fingerprint density at radius 2 is 2.00 bits per heavy atom. The molecule has 2 N–H and O–H groups in total. The topological polar surface area (TPSA) is 166 Å². The highest BCUT2D eigenvalue weighted by Gasteiger charge is 2.71. The molecule has 1 aliphatic heterocycles. The number of fused-ring (bicyclic) bond motifs is 2. The van der Waals surface area contributed by atoms with Gasteiger partial charge in [0.1, 0.15) is 5.60 Å². The minimum Gasteiger partial charge on any atom is -0.392 e. The number of para-hydroxylation sites is 1. The Kier molecular flexibility index (Phi) is 8.05. The Labute approximate surface area is 215 Å². The Hall–Kier alpha value is -2.00. The molecule has 12 nitrogen and oxygen atoms in total. The average molecular weight is 543 g/mol. The number of hydroxylamine groups is 1. The smallest absolute Gasteiger partial charge is 0.289 e. The first kappa shape index (κ1) is 28.0. The molecule has 0 amide bonds. The lowest BCUT2D eigenvalue weighted by Crippen LogP contribution is -2.59. The lowest BCUT2D eigenvalue weighted by atomic mass is 9.56. The van der Waals surface area contributed by atoms with Crippen LogP contribution in [0.5, 0.6) is 0 Å². The van der Waals surface area contributed by atoms with Crippen LogP contribution in [0.25, 0.3) is 0 Å². The molecule has 4 rings (SSSR count). The van der Waals surface area contributed by atoms with Crippen molar-refractivity contribution in [2.45, 2.75) is 74.8 Å². The molecule has 3 aliphatic rings. The van der Waals surface area contributed by atoms with E-state index in [-0.39, 0.29) is 56.3 Å². The Balaban J connectivity index is 1.63. The number of hydrogen-bond donors (Lipinski definition) is 2.